The number of aliphatic hydroxyl groups is 1. The summed E-state index contributed by atoms with van der Waals surface area (Å²) in [6.45, 7) is 0.0172. The highest BCUT2D eigenvalue weighted by Gasteiger charge is 2.21. The van der Waals surface area contributed by atoms with Crippen molar-refractivity contribution in [2.75, 3.05) is 25.7 Å². The van der Waals surface area contributed by atoms with Gasteiger partial charge in [-0.3, -0.25) is 0 Å². The Morgan fingerprint density at radius 1 is 0.778 bits per heavy atom. The van der Waals surface area contributed by atoms with Gasteiger partial charge in [-0.2, -0.15) is 0 Å². The Kier molecular flexibility index (Phi) is 6.34. The fourth-order valence-electron chi connectivity index (χ4n) is 3.22. The van der Waals surface area contributed by atoms with E-state index in [9.17, 15) is 5.11 Å². The molecule has 3 rings (SSSR count). The van der Waals surface area contributed by atoms with Crippen LogP contribution in [0, 0.1) is 0 Å². The van der Waals surface area contributed by atoms with Gasteiger partial charge in [0.25, 0.3) is 0 Å². The molecule has 0 saturated heterocycles. The second kappa shape index (κ2) is 9.10. The molecule has 0 aliphatic heterocycles. The molecule has 0 bridgehead atoms. The first kappa shape index (κ1) is 18.8. The van der Waals surface area contributed by atoms with Gasteiger partial charge in [-0.15, -0.1) is 0 Å². The van der Waals surface area contributed by atoms with E-state index < -0.39 is 0 Å². The highest BCUT2D eigenvalue weighted by atomic mass is 16.5. The molecule has 0 amide bonds. The molecule has 4 heteroatoms. The molecule has 27 heavy (non-hydrogen) atoms. The number of ether oxygens (including phenoxy) is 2. The van der Waals surface area contributed by atoms with Gasteiger partial charge in [0.15, 0.2) is 0 Å². The predicted molar refractivity (Wildman–Crippen MR) is 109 cm³/mol. The molecule has 1 N–H and O–H groups in total. The van der Waals surface area contributed by atoms with Crippen LogP contribution in [0.25, 0.3) is 0 Å². The van der Waals surface area contributed by atoms with Crippen LogP contribution in [0.5, 0.6) is 11.5 Å². The molecule has 0 radical (unpaired) electrons. The Hall–Kier alpha value is -2.98. The van der Waals surface area contributed by atoms with Gasteiger partial charge >= 0.3 is 0 Å². The minimum absolute atomic E-state index is 0.0172. The molecular formula is C23H25NO3. The van der Waals surface area contributed by atoms with Crippen LogP contribution in [0.15, 0.2) is 78.9 Å². The van der Waals surface area contributed by atoms with E-state index in [0.29, 0.717) is 6.42 Å². The van der Waals surface area contributed by atoms with E-state index in [4.69, 9.17) is 9.47 Å². The second-order valence-electron chi connectivity index (χ2n) is 6.30. The quantitative estimate of drug-likeness (QED) is 0.642. The average Bonchev–Trinajstić information content (AvgIpc) is 2.74. The van der Waals surface area contributed by atoms with Crippen molar-refractivity contribution in [1.82, 2.24) is 0 Å². The third-order valence-corrected chi connectivity index (χ3v) is 4.55. The normalized spacial score (nSPS) is 11.7. The number of hydrogen-bond acceptors (Lipinski definition) is 4. The molecule has 0 saturated carbocycles. The molecule has 0 heterocycles. The second-order valence-corrected chi connectivity index (χ2v) is 6.30. The third kappa shape index (κ3) is 4.60. The van der Waals surface area contributed by atoms with E-state index in [1.54, 1.807) is 14.2 Å². The van der Waals surface area contributed by atoms with Crippen LogP contribution >= 0.6 is 0 Å². The lowest BCUT2D eigenvalue weighted by atomic mass is 10.0. The Balaban J connectivity index is 2.04. The van der Waals surface area contributed by atoms with Crippen molar-refractivity contribution < 1.29 is 14.6 Å². The Morgan fingerprint density at radius 2 is 1.33 bits per heavy atom. The van der Waals surface area contributed by atoms with Crippen molar-refractivity contribution in [3.05, 3.63) is 84.4 Å². The van der Waals surface area contributed by atoms with Crippen molar-refractivity contribution in [2.45, 2.75) is 12.5 Å². The van der Waals surface area contributed by atoms with Crippen LogP contribution in [-0.4, -0.2) is 32.0 Å². The van der Waals surface area contributed by atoms with E-state index in [1.165, 1.54) is 5.56 Å². The average molecular weight is 363 g/mol. The summed E-state index contributed by atoms with van der Waals surface area (Å²) >= 11 is 0. The molecule has 0 aliphatic carbocycles. The van der Waals surface area contributed by atoms with Gasteiger partial charge < -0.3 is 19.5 Å². The van der Waals surface area contributed by atoms with Crippen LogP contribution in [0.3, 0.4) is 0 Å². The Morgan fingerprint density at radius 3 is 1.81 bits per heavy atom. The van der Waals surface area contributed by atoms with Gasteiger partial charge in [0.05, 0.1) is 26.9 Å². The van der Waals surface area contributed by atoms with Crippen LogP contribution in [0.2, 0.25) is 0 Å². The monoisotopic (exact) mass is 363 g/mol. The standard InChI is InChI=1S/C23H25NO3/c1-26-22-12-6-10-19(15-22)24(20-11-7-13-23(16-20)27-2)21(17-25)14-18-8-4-3-5-9-18/h3-13,15-16,21,25H,14,17H2,1-2H3/t21-/m0/s1. The molecule has 3 aromatic rings. The number of methoxy groups -OCH3 is 2. The largest absolute Gasteiger partial charge is 0.497 e. The van der Waals surface area contributed by atoms with Crippen LogP contribution < -0.4 is 14.4 Å². The van der Waals surface area contributed by atoms with Gasteiger partial charge in [-0.05, 0) is 36.2 Å². The fraction of sp³-hybridized carbons (Fsp3) is 0.217. The third-order valence-electron chi connectivity index (χ3n) is 4.55. The highest BCUT2D eigenvalue weighted by molar-refractivity contribution is 5.67. The van der Waals surface area contributed by atoms with Crippen molar-refractivity contribution in [2.24, 2.45) is 0 Å². The minimum atomic E-state index is -0.133. The van der Waals surface area contributed by atoms with Gasteiger partial charge in [-0.1, -0.05) is 42.5 Å². The Labute approximate surface area is 160 Å². The fourth-order valence-corrected chi connectivity index (χ4v) is 3.22. The summed E-state index contributed by atoms with van der Waals surface area (Å²) in [6, 6.07) is 25.8. The summed E-state index contributed by atoms with van der Waals surface area (Å²) in [4.78, 5) is 2.14. The molecule has 0 unspecified atom stereocenters. The topological polar surface area (TPSA) is 41.9 Å². The van der Waals surface area contributed by atoms with E-state index in [0.717, 1.165) is 22.9 Å². The maximum Gasteiger partial charge on any atom is 0.120 e. The highest BCUT2D eigenvalue weighted by Crippen LogP contribution is 2.33. The first-order valence-electron chi connectivity index (χ1n) is 8.97. The first-order chi connectivity index (χ1) is 13.2. The maximum atomic E-state index is 10.2. The molecule has 0 aromatic heterocycles. The maximum absolute atomic E-state index is 10.2. The summed E-state index contributed by atoms with van der Waals surface area (Å²) in [6.07, 6.45) is 0.714. The van der Waals surface area contributed by atoms with E-state index >= 15 is 0 Å². The molecule has 0 fully saturated rings. The molecule has 3 aromatic carbocycles. The van der Waals surface area contributed by atoms with Crippen LogP contribution in [-0.2, 0) is 6.42 Å². The number of rotatable bonds is 8. The van der Waals surface area contributed by atoms with Crippen molar-refractivity contribution >= 4 is 11.4 Å². The minimum Gasteiger partial charge on any atom is -0.497 e. The van der Waals surface area contributed by atoms with Gasteiger partial charge in [-0.25, -0.2) is 0 Å². The lowest BCUT2D eigenvalue weighted by Crippen LogP contribution is -2.36. The number of hydrogen-bond donors (Lipinski definition) is 1. The molecule has 140 valence electrons. The van der Waals surface area contributed by atoms with E-state index in [2.05, 4.69) is 17.0 Å². The zero-order chi connectivity index (χ0) is 19.1. The predicted octanol–water partition coefficient (Wildman–Crippen LogP) is 4.45. The van der Waals surface area contributed by atoms with Crippen LogP contribution in [0.4, 0.5) is 11.4 Å². The summed E-state index contributed by atoms with van der Waals surface area (Å²) in [7, 11) is 3.31. The smallest absolute Gasteiger partial charge is 0.120 e. The van der Waals surface area contributed by atoms with Gasteiger partial charge in [0.2, 0.25) is 0 Å². The molecule has 4 nitrogen and oxygen atoms in total. The number of benzene rings is 3. The van der Waals surface area contributed by atoms with Crippen molar-refractivity contribution in [1.29, 1.82) is 0 Å². The number of aliphatic hydroxyl groups excluding tert-OH is 1. The summed E-state index contributed by atoms with van der Waals surface area (Å²) in [5.74, 6) is 1.55. The Bertz CT molecular complexity index is 804. The number of nitrogens with zero attached hydrogens (tertiary/aromatic N) is 1. The lowest BCUT2D eigenvalue weighted by molar-refractivity contribution is 0.264. The summed E-state index contributed by atoms with van der Waals surface area (Å²) < 4.78 is 10.8. The van der Waals surface area contributed by atoms with Crippen molar-refractivity contribution in [3.8, 4) is 11.5 Å². The molecule has 1 atom stereocenters. The molecular weight excluding hydrogens is 338 g/mol. The summed E-state index contributed by atoms with van der Waals surface area (Å²) in [5, 5.41) is 10.2. The first-order valence-corrected chi connectivity index (χ1v) is 8.97. The van der Waals surface area contributed by atoms with Gasteiger partial charge in [0.1, 0.15) is 11.5 Å². The van der Waals surface area contributed by atoms with Gasteiger partial charge in [0, 0.05) is 23.5 Å². The number of anilines is 2. The zero-order valence-corrected chi connectivity index (χ0v) is 15.7. The summed E-state index contributed by atoms with van der Waals surface area (Å²) in [5.41, 5.74) is 3.09. The van der Waals surface area contributed by atoms with Crippen molar-refractivity contribution in [3.63, 3.8) is 0 Å². The van der Waals surface area contributed by atoms with E-state index in [1.807, 2.05) is 66.7 Å². The lowest BCUT2D eigenvalue weighted by Gasteiger charge is -2.33. The zero-order valence-electron chi connectivity index (χ0n) is 15.7. The molecule has 0 spiro atoms. The SMILES string of the molecule is COc1cccc(N(c2cccc(OC)c2)[C@H](CO)Cc2ccccc2)c1. The van der Waals surface area contributed by atoms with Crippen LogP contribution in [0.1, 0.15) is 5.56 Å². The molecule has 0 aliphatic rings. The van der Waals surface area contributed by atoms with E-state index in [-0.39, 0.29) is 12.6 Å².